The van der Waals surface area contributed by atoms with E-state index in [1.807, 2.05) is 6.07 Å². The summed E-state index contributed by atoms with van der Waals surface area (Å²) in [6, 6.07) is 5.13. The van der Waals surface area contributed by atoms with Crippen LogP contribution in [0, 0.1) is 17.7 Å². The predicted molar refractivity (Wildman–Crippen MR) is 70.2 cm³/mol. The van der Waals surface area contributed by atoms with Crippen molar-refractivity contribution in [2.45, 2.75) is 37.6 Å². The molecule has 2 bridgehead atoms. The number of benzene rings is 1. The summed E-state index contributed by atoms with van der Waals surface area (Å²) in [6.45, 7) is 0. The number of hydrogen-bond donors (Lipinski definition) is 1. The summed E-state index contributed by atoms with van der Waals surface area (Å²) in [5.41, 5.74) is 7.11. The first-order valence-electron chi connectivity index (χ1n) is 6.30. The molecule has 2 saturated carbocycles. The van der Waals surface area contributed by atoms with Crippen LogP contribution in [0.2, 0.25) is 0 Å². The molecule has 1 aromatic rings. The van der Waals surface area contributed by atoms with Gasteiger partial charge in [0.15, 0.2) is 0 Å². The second-order valence-corrected chi connectivity index (χ2v) is 6.64. The molecule has 2 aliphatic rings. The van der Waals surface area contributed by atoms with Crippen LogP contribution < -0.4 is 5.73 Å². The molecule has 0 radical (unpaired) electrons. The molecule has 0 aliphatic heterocycles. The molecule has 3 unspecified atom stereocenters. The number of rotatable bonds is 2. The molecular weight excluding hydrogens is 281 g/mol. The van der Waals surface area contributed by atoms with E-state index in [0.29, 0.717) is 12.3 Å². The maximum atomic E-state index is 13.8. The average molecular weight is 298 g/mol. The van der Waals surface area contributed by atoms with Crippen LogP contribution in [-0.4, -0.2) is 5.54 Å². The Bertz CT molecular complexity index is 448. The number of halogens is 2. The van der Waals surface area contributed by atoms with Crippen molar-refractivity contribution < 1.29 is 4.39 Å². The molecule has 1 aromatic carbocycles. The number of hydrogen-bond acceptors (Lipinski definition) is 1. The molecule has 2 fully saturated rings. The molecule has 0 spiro atoms. The topological polar surface area (TPSA) is 26.0 Å². The molecule has 17 heavy (non-hydrogen) atoms. The third-order valence-corrected chi connectivity index (χ3v) is 5.04. The van der Waals surface area contributed by atoms with Crippen molar-refractivity contribution in [2.75, 3.05) is 0 Å². The summed E-state index contributed by atoms with van der Waals surface area (Å²) in [4.78, 5) is 0. The molecule has 0 aromatic heterocycles. The minimum absolute atomic E-state index is 0.124. The van der Waals surface area contributed by atoms with E-state index in [4.69, 9.17) is 5.73 Å². The van der Waals surface area contributed by atoms with Crippen molar-refractivity contribution in [3.8, 4) is 0 Å². The van der Waals surface area contributed by atoms with Gasteiger partial charge in [-0.25, -0.2) is 4.39 Å². The van der Waals surface area contributed by atoms with Gasteiger partial charge in [-0.2, -0.15) is 0 Å². The molecule has 0 saturated heterocycles. The highest BCUT2D eigenvalue weighted by Gasteiger charge is 2.48. The smallest absolute Gasteiger partial charge is 0.126 e. The third-order valence-electron chi connectivity index (χ3n) is 4.55. The normalized spacial score (nSPS) is 35.5. The Morgan fingerprint density at radius 2 is 2.24 bits per heavy atom. The van der Waals surface area contributed by atoms with Crippen LogP contribution in [0.3, 0.4) is 0 Å². The van der Waals surface area contributed by atoms with Gasteiger partial charge < -0.3 is 5.73 Å². The lowest BCUT2D eigenvalue weighted by molar-refractivity contribution is 0.267. The minimum atomic E-state index is -0.162. The Balaban J connectivity index is 1.85. The maximum absolute atomic E-state index is 13.8. The minimum Gasteiger partial charge on any atom is -0.325 e. The van der Waals surface area contributed by atoms with Crippen LogP contribution in [0.5, 0.6) is 0 Å². The van der Waals surface area contributed by atoms with Gasteiger partial charge in [-0.3, -0.25) is 0 Å². The van der Waals surface area contributed by atoms with E-state index < -0.39 is 0 Å². The standard InChI is InChI=1S/C14H17BrFN/c15-12-3-4-13(16)10(6-12)8-14(17)7-9-1-2-11(14)5-9/h3-4,6,9,11H,1-2,5,7-8,17H2. The molecule has 0 amide bonds. The number of nitrogens with two attached hydrogens (primary N) is 1. The van der Waals surface area contributed by atoms with Crippen molar-refractivity contribution in [1.29, 1.82) is 0 Å². The van der Waals surface area contributed by atoms with Crippen LogP contribution >= 0.6 is 15.9 Å². The highest BCUT2D eigenvalue weighted by molar-refractivity contribution is 9.10. The van der Waals surface area contributed by atoms with Crippen LogP contribution in [0.15, 0.2) is 22.7 Å². The maximum Gasteiger partial charge on any atom is 0.126 e. The van der Waals surface area contributed by atoms with Crippen molar-refractivity contribution in [2.24, 2.45) is 17.6 Å². The largest absolute Gasteiger partial charge is 0.325 e. The summed E-state index contributed by atoms with van der Waals surface area (Å²) in [5.74, 6) is 1.27. The first-order chi connectivity index (χ1) is 8.07. The Morgan fingerprint density at radius 3 is 2.88 bits per heavy atom. The van der Waals surface area contributed by atoms with E-state index in [-0.39, 0.29) is 11.4 Å². The number of fused-ring (bicyclic) bond motifs is 2. The lowest BCUT2D eigenvalue weighted by Crippen LogP contribution is -2.47. The second-order valence-electron chi connectivity index (χ2n) is 5.73. The van der Waals surface area contributed by atoms with Crippen molar-refractivity contribution >= 4 is 15.9 Å². The highest BCUT2D eigenvalue weighted by Crippen LogP contribution is 2.50. The van der Waals surface area contributed by atoms with Gasteiger partial charge in [0.05, 0.1) is 0 Å². The monoisotopic (exact) mass is 297 g/mol. The summed E-state index contributed by atoms with van der Waals surface area (Å²) in [5, 5.41) is 0. The van der Waals surface area contributed by atoms with Gasteiger partial charge in [0, 0.05) is 10.0 Å². The Labute approximate surface area is 110 Å². The third kappa shape index (κ3) is 2.04. The predicted octanol–water partition coefficient (Wildman–Crippen LogP) is 3.65. The van der Waals surface area contributed by atoms with Crippen LogP contribution in [-0.2, 0) is 6.42 Å². The van der Waals surface area contributed by atoms with Gasteiger partial charge in [0.1, 0.15) is 5.82 Å². The average Bonchev–Trinajstić information content (AvgIpc) is 2.83. The lowest BCUT2D eigenvalue weighted by Gasteiger charge is -2.34. The summed E-state index contributed by atoms with van der Waals surface area (Å²) in [6.07, 6.45) is 5.57. The van der Waals surface area contributed by atoms with Gasteiger partial charge in [-0.15, -0.1) is 0 Å². The van der Waals surface area contributed by atoms with E-state index in [1.54, 1.807) is 6.07 Å². The van der Waals surface area contributed by atoms with Crippen molar-refractivity contribution in [3.05, 3.63) is 34.1 Å². The van der Waals surface area contributed by atoms with Crippen LogP contribution in [0.25, 0.3) is 0 Å². The van der Waals surface area contributed by atoms with E-state index in [2.05, 4.69) is 15.9 Å². The van der Waals surface area contributed by atoms with Crippen molar-refractivity contribution in [3.63, 3.8) is 0 Å². The summed E-state index contributed by atoms with van der Waals surface area (Å²) < 4.78 is 14.7. The first-order valence-corrected chi connectivity index (χ1v) is 7.09. The highest BCUT2D eigenvalue weighted by atomic mass is 79.9. The van der Waals surface area contributed by atoms with Gasteiger partial charge in [0.2, 0.25) is 0 Å². The van der Waals surface area contributed by atoms with E-state index in [0.717, 1.165) is 22.4 Å². The molecule has 2 N–H and O–H groups in total. The zero-order valence-electron chi connectivity index (χ0n) is 9.76. The lowest BCUT2D eigenvalue weighted by atomic mass is 9.77. The molecule has 3 heteroatoms. The summed E-state index contributed by atoms with van der Waals surface area (Å²) in [7, 11) is 0. The molecular formula is C14H17BrFN. The summed E-state index contributed by atoms with van der Waals surface area (Å²) >= 11 is 3.40. The Hall–Kier alpha value is -0.410. The van der Waals surface area contributed by atoms with Gasteiger partial charge in [-0.05, 0) is 61.3 Å². The first kappa shape index (κ1) is 11.7. The van der Waals surface area contributed by atoms with Gasteiger partial charge in [0.25, 0.3) is 0 Å². The van der Waals surface area contributed by atoms with Crippen molar-refractivity contribution in [1.82, 2.24) is 0 Å². The molecule has 0 heterocycles. The molecule has 3 rings (SSSR count). The zero-order chi connectivity index (χ0) is 12.0. The Morgan fingerprint density at radius 1 is 1.41 bits per heavy atom. The van der Waals surface area contributed by atoms with Gasteiger partial charge >= 0.3 is 0 Å². The SMILES string of the molecule is NC1(Cc2cc(Br)ccc2F)CC2CCC1C2. The van der Waals surface area contributed by atoms with E-state index in [1.165, 1.54) is 25.3 Å². The fourth-order valence-corrected chi connectivity index (χ4v) is 4.15. The molecule has 1 nitrogen and oxygen atoms in total. The van der Waals surface area contributed by atoms with Gasteiger partial charge in [-0.1, -0.05) is 22.4 Å². The Kier molecular flexibility index (Phi) is 2.79. The fraction of sp³-hybridized carbons (Fsp3) is 0.571. The van der Waals surface area contributed by atoms with Crippen LogP contribution in [0.1, 0.15) is 31.2 Å². The second kappa shape index (κ2) is 4.06. The quantitative estimate of drug-likeness (QED) is 0.886. The van der Waals surface area contributed by atoms with E-state index in [9.17, 15) is 4.39 Å². The fourth-order valence-electron chi connectivity index (χ4n) is 3.74. The van der Waals surface area contributed by atoms with Crippen LogP contribution in [0.4, 0.5) is 4.39 Å². The van der Waals surface area contributed by atoms with E-state index >= 15 is 0 Å². The zero-order valence-corrected chi connectivity index (χ0v) is 11.3. The molecule has 92 valence electrons. The molecule has 3 atom stereocenters. The molecule has 2 aliphatic carbocycles.